The summed E-state index contributed by atoms with van der Waals surface area (Å²) in [7, 11) is 2.02. The van der Waals surface area contributed by atoms with Gasteiger partial charge in [-0.2, -0.15) is 10.1 Å². The SMILES string of the molecule is CNC1(C)CCN(c2ncc3c(Sc4cccc(Cl)c4Cl)n[nH]c3n2)CC1. The maximum atomic E-state index is 6.29. The summed E-state index contributed by atoms with van der Waals surface area (Å²) in [5.74, 6) is 0.738. The number of fused-ring (bicyclic) bond motifs is 1. The molecule has 0 bridgehead atoms. The highest BCUT2D eigenvalue weighted by atomic mass is 35.5. The van der Waals surface area contributed by atoms with Gasteiger partial charge < -0.3 is 10.2 Å². The fourth-order valence-electron chi connectivity index (χ4n) is 3.13. The largest absolute Gasteiger partial charge is 0.341 e. The number of benzene rings is 1. The Morgan fingerprint density at radius 3 is 2.78 bits per heavy atom. The van der Waals surface area contributed by atoms with E-state index in [0.717, 1.165) is 52.8 Å². The molecule has 0 atom stereocenters. The third-order valence-corrected chi connectivity index (χ3v) is 7.14. The molecule has 3 heterocycles. The normalized spacial score (nSPS) is 16.8. The topological polar surface area (TPSA) is 69.7 Å². The van der Waals surface area contributed by atoms with E-state index in [1.165, 1.54) is 11.8 Å². The molecule has 1 aliphatic heterocycles. The third kappa shape index (κ3) is 3.74. The van der Waals surface area contributed by atoms with Crippen molar-refractivity contribution >= 4 is 51.9 Å². The fourth-order valence-corrected chi connectivity index (χ4v) is 4.50. The molecule has 6 nitrogen and oxygen atoms in total. The van der Waals surface area contributed by atoms with Crippen molar-refractivity contribution in [3.8, 4) is 0 Å². The number of anilines is 1. The summed E-state index contributed by atoms with van der Waals surface area (Å²) in [6.45, 7) is 4.11. The van der Waals surface area contributed by atoms with Crippen LogP contribution in [0.3, 0.4) is 0 Å². The highest BCUT2D eigenvalue weighted by Gasteiger charge is 2.29. The number of hydrogen-bond donors (Lipinski definition) is 2. The summed E-state index contributed by atoms with van der Waals surface area (Å²) in [5, 5.41) is 13.5. The van der Waals surface area contributed by atoms with Crippen LogP contribution in [-0.4, -0.2) is 45.8 Å². The third-order valence-electron chi connectivity index (χ3n) is 5.15. The lowest BCUT2D eigenvalue weighted by Gasteiger charge is -2.39. The Morgan fingerprint density at radius 1 is 1.26 bits per heavy atom. The minimum absolute atomic E-state index is 0.189. The molecule has 4 rings (SSSR count). The predicted molar refractivity (Wildman–Crippen MR) is 111 cm³/mol. The van der Waals surface area contributed by atoms with E-state index in [2.05, 4.69) is 37.3 Å². The molecule has 1 saturated heterocycles. The molecule has 2 N–H and O–H groups in total. The zero-order valence-corrected chi connectivity index (χ0v) is 17.4. The van der Waals surface area contributed by atoms with Gasteiger partial charge in [0.2, 0.25) is 5.95 Å². The van der Waals surface area contributed by atoms with Gasteiger partial charge in [0.1, 0.15) is 5.03 Å². The Kier molecular flexibility index (Phi) is 5.20. The predicted octanol–water partition coefficient (Wildman–Crippen LogP) is 4.39. The monoisotopic (exact) mass is 422 g/mol. The van der Waals surface area contributed by atoms with Crippen LogP contribution in [0.2, 0.25) is 10.0 Å². The van der Waals surface area contributed by atoms with E-state index in [1.807, 2.05) is 25.4 Å². The van der Waals surface area contributed by atoms with Crippen LogP contribution in [0.1, 0.15) is 19.8 Å². The standard InChI is InChI=1S/C18H20Cl2N6S/c1-18(21-2)6-8-26(9-7-18)17-22-10-11-15(23-17)24-25-16(11)27-13-5-3-4-12(19)14(13)20/h3-5,10,21H,6-9H2,1-2H3,(H,22,23,24,25). The van der Waals surface area contributed by atoms with Gasteiger partial charge in [-0.05, 0) is 38.9 Å². The van der Waals surface area contributed by atoms with Crippen molar-refractivity contribution in [2.75, 3.05) is 25.0 Å². The molecular formula is C18H20Cl2N6S. The molecule has 2 aromatic heterocycles. The number of aromatic amines is 1. The van der Waals surface area contributed by atoms with Crippen molar-refractivity contribution in [2.24, 2.45) is 0 Å². The van der Waals surface area contributed by atoms with Gasteiger partial charge in [0.15, 0.2) is 5.65 Å². The van der Waals surface area contributed by atoms with Crippen molar-refractivity contribution in [3.05, 3.63) is 34.4 Å². The Morgan fingerprint density at radius 2 is 2.04 bits per heavy atom. The Bertz CT molecular complexity index is 968. The van der Waals surface area contributed by atoms with Gasteiger partial charge in [-0.3, -0.25) is 5.10 Å². The fraction of sp³-hybridized carbons (Fsp3) is 0.389. The lowest BCUT2D eigenvalue weighted by Crippen LogP contribution is -2.50. The molecule has 0 aliphatic carbocycles. The van der Waals surface area contributed by atoms with Crippen LogP contribution in [-0.2, 0) is 0 Å². The number of hydrogen-bond acceptors (Lipinski definition) is 6. The Labute approximate surface area is 172 Å². The van der Waals surface area contributed by atoms with Crippen molar-refractivity contribution in [1.29, 1.82) is 0 Å². The molecule has 0 radical (unpaired) electrons. The average Bonchev–Trinajstić information content (AvgIpc) is 3.08. The highest BCUT2D eigenvalue weighted by Crippen LogP contribution is 2.38. The first-order valence-corrected chi connectivity index (χ1v) is 10.3. The van der Waals surface area contributed by atoms with Gasteiger partial charge in [0.05, 0.1) is 15.4 Å². The van der Waals surface area contributed by atoms with Crippen LogP contribution >= 0.6 is 35.0 Å². The second-order valence-electron chi connectivity index (χ2n) is 6.91. The quantitative estimate of drug-likeness (QED) is 0.649. The number of halogens is 2. The van der Waals surface area contributed by atoms with Crippen LogP contribution in [0.5, 0.6) is 0 Å². The van der Waals surface area contributed by atoms with Crippen molar-refractivity contribution in [1.82, 2.24) is 25.5 Å². The molecule has 1 fully saturated rings. The molecule has 142 valence electrons. The summed E-state index contributed by atoms with van der Waals surface area (Å²) in [6.07, 6.45) is 3.94. The smallest absolute Gasteiger partial charge is 0.227 e. The van der Waals surface area contributed by atoms with Crippen LogP contribution in [0, 0.1) is 0 Å². The van der Waals surface area contributed by atoms with E-state index in [4.69, 9.17) is 23.2 Å². The van der Waals surface area contributed by atoms with Crippen molar-refractivity contribution in [3.63, 3.8) is 0 Å². The molecular weight excluding hydrogens is 403 g/mol. The van der Waals surface area contributed by atoms with Gasteiger partial charge in [-0.15, -0.1) is 0 Å². The highest BCUT2D eigenvalue weighted by molar-refractivity contribution is 7.99. The summed E-state index contributed by atoms with van der Waals surface area (Å²) < 4.78 is 0. The van der Waals surface area contributed by atoms with E-state index in [1.54, 1.807) is 6.07 Å². The van der Waals surface area contributed by atoms with Crippen LogP contribution < -0.4 is 10.2 Å². The van der Waals surface area contributed by atoms with Crippen LogP contribution in [0.25, 0.3) is 11.0 Å². The minimum atomic E-state index is 0.189. The first kappa shape index (κ1) is 18.8. The lowest BCUT2D eigenvalue weighted by molar-refractivity contribution is 0.303. The van der Waals surface area contributed by atoms with Gasteiger partial charge in [0.25, 0.3) is 0 Å². The Hall–Kier alpha value is -1.54. The molecule has 1 aromatic carbocycles. The molecule has 0 spiro atoms. The van der Waals surface area contributed by atoms with Gasteiger partial charge in [0, 0.05) is 29.7 Å². The number of rotatable bonds is 4. The number of nitrogens with zero attached hydrogens (tertiary/aromatic N) is 4. The lowest BCUT2D eigenvalue weighted by atomic mass is 9.90. The molecule has 0 saturated carbocycles. The molecule has 0 amide bonds. The van der Waals surface area contributed by atoms with Crippen molar-refractivity contribution in [2.45, 2.75) is 35.2 Å². The second-order valence-corrected chi connectivity index (χ2v) is 8.73. The molecule has 27 heavy (non-hydrogen) atoms. The zero-order valence-electron chi connectivity index (χ0n) is 15.1. The van der Waals surface area contributed by atoms with Gasteiger partial charge in [-0.1, -0.05) is 41.0 Å². The maximum absolute atomic E-state index is 6.29. The number of aromatic nitrogens is 4. The summed E-state index contributed by atoms with van der Waals surface area (Å²) >= 11 is 13.8. The molecule has 3 aromatic rings. The first-order valence-electron chi connectivity index (χ1n) is 8.76. The first-order chi connectivity index (χ1) is 13.0. The van der Waals surface area contributed by atoms with Gasteiger partial charge in [-0.25, -0.2) is 4.98 Å². The van der Waals surface area contributed by atoms with E-state index < -0.39 is 0 Å². The summed E-state index contributed by atoms with van der Waals surface area (Å²) in [4.78, 5) is 12.3. The second kappa shape index (κ2) is 7.47. The molecule has 0 unspecified atom stereocenters. The van der Waals surface area contributed by atoms with E-state index >= 15 is 0 Å². The maximum Gasteiger partial charge on any atom is 0.227 e. The van der Waals surface area contributed by atoms with Crippen LogP contribution in [0.15, 0.2) is 34.3 Å². The van der Waals surface area contributed by atoms with E-state index in [9.17, 15) is 0 Å². The minimum Gasteiger partial charge on any atom is -0.341 e. The average molecular weight is 423 g/mol. The van der Waals surface area contributed by atoms with Crippen molar-refractivity contribution < 1.29 is 0 Å². The summed E-state index contributed by atoms with van der Waals surface area (Å²) in [5.41, 5.74) is 0.914. The van der Waals surface area contributed by atoms with E-state index in [-0.39, 0.29) is 5.54 Å². The van der Waals surface area contributed by atoms with Gasteiger partial charge >= 0.3 is 0 Å². The number of H-pyrrole nitrogens is 1. The molecule has 9 heteroatoms. The zero-order chi connectivity index (χ0) is 19.0. The van der Waals surface area contributed by atoms with E-state index in [0.29, 0.717) is 10.0 Å². The Balaban J connectivity index is 1.56. The number of nitrogens with one attached hydrogen (secondary N) is 2. The number of piperidine rings is 1. The van der Waals surface area contributed by atoms with Crippen LogP contribution in [0.4, 0.5) is 5.95 Å². The molecule has 1 aliphatic rings. The summed E-state index contributed by atoms with van der Waals surface area (Å²) in [6, 6.07) is 5.56.